The number of methoxy groups -OCH3 is 1. The summed E-state index contributed by atoms with van der Waals surface area (Å²) < 4.78 is 15.7. The summed E-state index contributed by atoms with van der Waals surface area (Å²) >= 11 is 0. The molecule has 5 heteroatoms. The molecule has 0 aliphatic rings. The number of nitrogens with zero attached hydrogens (tertiary/aromatic N) is 1. The van der Waals surface area contributed by atoms with Crippen molar-refractivity contribution in [1.29, 1.82) is 5.26 Å². The third-order valence-electron chi connectivity index (χ3n) is 2.88. The SMILES string of the molecule is COc1cc(C)ccc1OC(=O)COc1ccc(C#N)cc1. The number of aryl methyl sites for hydroxylation is 1. The normalized spacial score (nSPS) is 9.68. The molecule has 0 saturated carbocycles. The van der Waals surface area contributed by atoms with Gasteiger partial charge in [0.25, 0.3) is 0 Å². The van der Waals surface area contributed by atoms with E-state index in [0.29, 0.717) is 22.8 Å². The van der Waals surface area contributed by atoms with Crippen LogP contribution in [0.3, 0.4) is 0 Å². The van der Waals surface area contributed by atoms with Crippen LogP contribution in [0.15, 0.2) is 42.5 Å². The molecule has 0 bridgehead atoms. The van der Waals surface area contributed by atoms with Gasteiger partial charge in [0.2, 0.25) is 0 Å². The molecule has 2 aromatic carbocycles. The number of hydrogen-bond acceptors (Lipinski definition) is 5. The summed E-state index contributed by atoms with van der Waals surface area (Å²) in [5.74, 6) is 0.798. The standard InChI is InChI=1S/C17H15NO4/c1-12-3-8-15(16(9-12)20-2)22-17(19)11-21-14-6-4-13(10-18)5-7-14/h3-9H,11H2,1-2H3. The summed E-state index contributed by atoms with van der Waals surface area (Å²) in [5, 5.41) is 8.70. The number of hydrogen-bond donors (Lipinski definition) is 0. The molecule has 0 spiro atoms. The molecule has 2 aromatic rings. The zero-order valence-corrected chi connectivity index (χ0v) is 12.3. The van der Waals surface area contributed by atoms with Crippen LogP contribution in [-0.4, -0.2) is 19.7 Å². The second-order valence-electron chi connectivity index (χ2n) is 4.55. The average Bonchev–Trinajstić information content (AvgIpc) is 2.55. The van der Waals surface area contributed by atoms with Crippen LogP contribution in [0, 0.1) is 18.3 Å². The van der Waals surface area contributed by atoms with Crippen LogP contribution in [0.1, 0.15) is 11.1 Å². The van der Waals surface area contributed by atoms with Crippen molar-refractivity contribution in [2.75, 3.05) is 13.7 Å². The maximum atomic E-state index is 11.8. The predicted molar refractivity (Wildman–Crippen MR) is 80.0 cm³/mol. The molecule has 0 N–H and O–H groups in total. The van der Waals surface area contributed by atoms with Crippen LogP contribution >= 0.6 is 0 Å². The Morgan fingerprint density at radius 3 is 2.50 bits per heavy atom. The predicted octanol–water partition coefficient (Wildman–Crippen LogP) is 2.86. The molecule has 5 nitrogen and oxygen atoms in total. The zero-order valence-electron chi connectivity index (χ0n) is 12.3. The topological polar surface area (TPSA) is 68.6 Å². The molecule has 0 amide bonds. The highest BCUT2D eigenvalue weighted by molar-refractivity contribution is 5.74. The van der Waals surface area contributed by atoms with Crippen molar-refractivity contribution >= 4 is 5.97 Å². The van der Waals surface area contributed by atoms with Crippen LogP contribution < -0.4 is 14.2 Å². The maximum Gasteiger partial charge on any atom is 0.349 e. The van der Waals surface area contributed by atoms with Crippen molar-refractivity contribution in [3.05, 3.63) is 53.6 Å². The number of carbonyl (C=O) groups excluding carboxylic acids is 1. The largest absolute Gasteiger partial charge is 0.493 e. The molecule has 22 heavy (non-hydrogen) atoms. The lowest BCUT2D eigenvalue weighted by atomic mass is 10.2. The van der Waals surface area contributed by atoms with E-state index in [1.807, 2.05) is 19.1 Å². The number of ether oxygens (including phenoxy) is 3. The van der Waals surface area contributed by atoms with E-state index in [1.54, 1.807) is 36.4 Å². The van der Waals surface area contributed by atoms with Crippen LogP contribution in [0.2, 0.25) is 0 Å². The van der Waals surface area contributed by atoms with Gasteiger partial charge in [-0.25, -0.2) is 4.79 Å². The third-order valence-corrected chi connectivity index (χ3v) is 2.88. The second kappa shape index (κ2) is 7.14. The molecule has 0 atom stereocenters. The van der Waals surface area contributed by atoms with Crippen LogP contribution in [0.4, 0.5) is 0 Å². The first-order valence-corrected chi connectivity index (χ1v) is 6.60. The Balaban J connectivity index is 1.94. The minimum atomic E-state index is -0.536. The van der Waals surface area contributed by atoms with Crippen molar-refractivity contribution in [3.8, 4) is 23.3 Å². The van der Waals surface area contributed by atoms with E-state index in [0.717, 1.165) is 5.56 Å². The van der Waals surface area contributed by atoms with Gasteiger partial charge in [0, 0.05) is 0 Å². The number of carbonyl (C=O) groups is 1. The van der Waals surface area contributed by atoms with Crippen molar-refractivity contribution in [3.63, 3.8) is 0 Å². The van der Waals surface area contributed by atoms with E-state index in [-0.39, 0.29) is 6.61 Å². The number of rotatable bonds is 5. The molecule has 2 rings (SSSR count). The van der Waals surface area contributed by atoms with E-state index in [2.05, 4.69) is 0 Å². The quantitative estimate of drug-likeness (QED) is 0.627. The van der Waals surface area contributed by atoms with E-state index in [1.165, 1.54) is 7.11 Å². The fourth-order valence-corrected chi connectivity index (χ4v) is 1.78. The number of esters is 1. The van der Waals surface area contributed by atoms with Gasteiger partial charge in [0.05, 0.1) is 18.7 Å². The molecular weight excluding hydrogens is 282 g/mol. The fourth-order valence-electron chi connectivity index (χ4n) is 1.78. The first kappa shape index (κ1) is 15.4. The third kappa shape index (κ3) is 4.00. The van der Waals surface area contributed by atoms with Crippen molar-refractivity contribution in [1.82, 2.24) is 0 Å². The van der Waals surface area contributed by atoms with Crippen LogP contribution in [0.5, 0.6) is 17.2 Å². The average molecular weight is 297 g/mol. The summed E-state index contributed by atoms with van der Waals surface area (Å²) in [6.45, 7) is 1.69. The van der Waals surface area contributed by atoms with Crippen molar-refractivity contribution < 1.29 is 19.0 Å². The number of nitriles is 1. The Hall–Kier alpha value is -3.00. The highest BCUT2D eigenvalue weighted by Crippen LogP contribution is 2.27. The van der Waals surface area contributed by atoms with E-state index < -0.39 is 5.97 Å². The molecule has 0 aliphatic carbocycles. The van der Waals surface area contributed by atoms with Gasteiger partial charge in [0.1, 0.15) is 5.75 Å². The van der Waals surface area contributed by atoms with E-state index in [4.69, 9.17) is 19.5 Å². The molecule has 0 heterocycles. The maximum absolute atomic E-state index is 11.8. The van der Waals surface area contributed by atoms with Gasteiger partial charge < -0.3 is 14.2 Å². The molecule has 0 radical (unpaired) electrons. The molecule has 0 aliphatic heterocycles. The lowest BCUT2D eigenvalue weighted by molar-refractivity contribution is -0.136. The molecule has 0 saturated heterocycles. The van der Waals surface area contributed by atoms with Crippen LogP contribution in [-0.2, 0) is 4.79 Å². The lowest BCUT2D eigenvalue weighted by Gasteiger charge is -2.10. The van der Waals surface area contributed by atoms with Gasteiger partial charge in [-0.1, -0.05) is 6.07 Å². The Morgan fingerprint density at radius 1 is 1.14 bits per heavy atom. The summed E-state index contributed by atoms with van der Waals surface area (Å²) in [4.78, 5) is 11.8. The summed E-state index contributed by atoms with van der Waals surface area (Å²) in [5.41, 5.74) is 1.53. The molecule has 112 valence electrons. The smallest absolute Gasteiger partial charge is 0.349 e. The number of benzene rings is 2. The fraction of sp³-hybridized carbons (Fsp3) is 0.176. The molecule has 0 fully saturated rings. The first-order valence-electron chi connectivity index (χ1n) is 6.60. The zero-order chi connectivity index (χ0) is 15.9. The Bertz CT molecular complexity index is 702. The van der Waals surface area contributed by atoms with Gasteiger partial charge in [-0.2, -0.15) is 5.26 Å². The van der Waals surface area contributed by atoms with Gasteiger partial charge >= 0.3 is 5.97 Å². The minimum absolute atomic E-state index is 0.233. The lowest BCUT2D eigenvalue weighted by Crippen LogP contribution is -2.18. The van der Waals surface area contributed by atoms with E-state index >= 15 is 0 Å². The van der Waals surface area contributed by atoms with Gasteiger partial charge in [-0.3, -0.25) is 0 Å². The van der Waals surface area contributed by atoms with Gasteiger partial charge in [-0.05, 0) is 48.9 Å². The summed E-state index contributed by atoms with van der Waals surface area (Å²) in [6.07, 6.45) is 0. The summed E-state index contributed by atoms with van der Waals surface area (Å²) in [7, 11) is 1.51. The Morgan fingerprint density at radius 2 is 1.86 bits per heavy atom. The molecular formula is C17H15NO4. The van der Waals surface area contributed by atoms with Crippen LogP contribution in [0.25, 0.3) is 0 Å². The first-order chi connectivity index (χ1) is 10.6. The van der Waals surface area contributed by atoms with Gasteiger partial charge in [-0.15, -0.1) is 0 Å². The highest BCUT2D eigenvalue weighted by Gasteiger charge is 2.11. The molecule has 0 unspecified atom stereocenters. The monoisotopic (exact) mass is 297 g/mol. The Labute approximate surface area is 128 Å². The molecule has 0 aromatic heterocycles. The van der Waals surface area contributed by atoms with Gasteiger partial charge in [0.15, 0.2) is 18.1 Å². The Kier molecular flexibility index (Phi) is 4.99. The second-order valence-corrected chi connectivity index (χ2v) is 4.55. The highest BCUT2D eigenvalue weighted by atomic mass is 16.6. The van der Waals surface area contributed by atoms with E-state index in [9.17, 15) is 4.79 Å². The van der Waals surface area contributed by atoms with Crippen molar-refractivity contribution in [2.45, 2.75) is 6.92 Å². The van der Waals surface area contributed by atoms with Crippen molar-refractivity contribution in [2.24, 2.45) is 0 Å². The minimum Gasteiger partial charge on any atom is -0.493 e. The summed E-state index contributed by atoms with van der Waals surface area (Å²) in [6, 6.07) is 13.8.